The molecule has 0 saturated heterocycles. The molecule has 35 heavy (non-hydrogen) atoms. The number of rotatable bonds is 4. The van der Waals surface area contributed by atoms with Gasteiger partial charge >= 0.3 is 0 Å². The first-order chi connectivity index (χ1) is 16.4. The van der Waals surface area contributed by atoms with E-state index >= 15 is 0 Å². The summed E-state index contributed by atoms with van der Waals surface area (Å²) in [7, 11) is -4.15. The van der Waals surface area contributed by atoms with Crippen molar-refractivity contribution in [3.8, 4) is 0 Å². The van der Waals surface area contributed by atoms with E-state index in [-0.39, 0.29) is 16.7 Å². The van der Waals surface area contributed by atoms with Crippen LogP contribution in [-0.4, -0.2) is 43.9 Å². The third-order valence-corrected chi connectivity index (χ3v) is 8.86. The molecule has 0 saturated carbocycles. The van der Waals surface area contributed by atoms with Gasteiger partial charge in [-0.25, -0.2) is 4.58 Å². The highest BCUT2D eigenvalue weighted by Gasteiger charge is 2.37. The van der Waals surface area contributed by atoms with Crippen molar-refractivity contribution in [1.29, 1.82) is 0 Å². The molecule has 0 spiro atoms. The summed E-state index contributed by atoms with van der Waals surface area (Å²) in [5.41, 5.74) is 7.17. The van der Waals surface area contributed by atoms with Crippen LogP contribution in [-0.2, 0) is 22.0 Å². The summed E-state index contributed by atoms with van der Waals surface area (Å²) in [6.45, 7) is 16.1. The van der Waals surface area contributed by atoms with Crippen molar-refractivity contribution in [2.75, 3.05) is 30.3 Å². The fraction of sp³-hybridized carbons (Fsp3) is 0.483. The molecule has 1 aliphatic carbocycles. The molecule has 0 aromatic heterocycles. The van der Waals surface area contributed by atoms with Crippen molar-refractivity contribution < 1.29 is 13.0 Å². The van der Waals surface area contributed by atoms with Gasteiger partial charge in [0, 0.05) is 41.3 Å². The van der Waals surface area contributed by atoms with Gasteiger partial charge < -0.3 is 4.90 Å². The topological polar surface area (TPSA) is 60.6 Å². The first kappa shape index (κ1) is 24.3. The quantitative estimate of drug-likeness (QED) is 0.523. The highest BCUT2D eigenvalue weighted by molar-refractivity contribution is 7.86. The monoisotopic (exact) mass is 493 g/mol. The summed E-state index contributed by atoms with van der Waals surface area (Å²) < 4.78 is 36.0. The Hall–Kier alpha value is -2.44. The van der Waals surface area contributed by atoms with Crippen LogP contribution in [0.5, 0.6) is 0 Å². The summed E-state index contributed by atoms with van der Waals surface area (Å²) in [6, 6.07) is 9.19. The molecule has 0 bridgehead atoms. The van der Waals surface area contributed by atoms with Crippen LogP contribution in [0.1, 0.15) is 75.8 Å². The fourth-order valence-electron chi connectivity index (χ4n) is 6.56. The largest absolute Gasteiger partial charge is 0.363 e. The van der Waals surface area contributed by atoms with Gasteiger partial charge in [0.2, 0.25) is 5.36 Å². The van der Waals surface area contributed by atoms with Crippen molar-refractivity contribution in [3.05, 3.63) is 68.7 Å². The first-order valence-electron chi connectivity index (χ1n) is 12.8. The molecule has 3 aliphatic rings. The summed E-state index contributed by atoms with van der Waals surface area (Å²) in [5, 5.41) is 2.62. The van der Waals surface area contributed by atoms with Gasteiger partial charge in [0.15, 0.2) is 0 Å². The Bertz CT molecular complexity index is 1500. The standard InChI is InChI=1S/C29H36N2O3S/c1-7-30-11-9-10-19-12-20-13-21-14-23-22(18-35(32,33)34)17-28(3,4)31(8-2)27(23)16-25(21)29(5,6)24(20)15-26(19)30/h12-17H,7-11,18H2,1-6H3/p+1. The molecule has 5 rings (SSSR count). The summed E-state index contributed by atoms with van der Waals surface area (Å²) in [6.07, 6.45) is 6.55. The van der Waals surface area contributed by atoms with E-state index in [2.05, 4.69) is 81.4 Å². The molecule has 0 atom stereocenters. The third-order valence-electron chi connectivity index (χ3n) is 8.19. The average molecular weight is 494 g/mol. The Morgan fingerprint density at radius 3 is 2.46 bits per heavy atom. The van der Waals surface area contributed by atoms with Crippen molar-refractivity contribution in [3.63, 3.8) is 0 Å². The predicted octanol–water partition coefficient (Wildman–Crippen LogP) is 3.50. The van der Waals surface area contributed by atoms with Gasteiger partial charge in [-0.1, -0.05) is 19.9 Å². The molecular weight excluding hydrogens is 456 g/mol. The zero-order chi connectivity index (χ0) is 25.3. The van der Waals surface area contributed by atoms with E-state index in [0.29, 0.717) is 5.57 Å². The highest BCUT2D eigenvalue weighted by atomic mass is 32.2. The number of nitrogens with zero attached hydrogens (tertiary/aromatic N) is 2. The lowest BCUT2D eigenvalue weighted by Gasteiger charge is -2.44. The van der Waals surface area contributed by atoms with Crippen LogP contribution in [0.25, 0.3) is 11.6 Å². The minimum atomic E-state index is -4.15. The molecule has 0 fully saturated rings. The molecule has 0 amide bonds. The zero-order valence-electron chi connectivity index (χ0n) is 21.8. The maximum absolute atomic E-state index is 11.9. The summed E-state index contributed by atoms with van der Waals surface area (Å²) in [4.78, 5) is 2.33. The Morgan fingerprint density at radius 1 is 1.06 bits per heavy atom. The number of aryl methyl sites for hydroxylation is 1. The van der Waals surface area contributed by atoms with Crippen molar-refractivity contribution in [2.24, 2.45) is 0 Å². The maximum Gasteiger partial charge on any atom is 0.269 e. The lowest BCUT2D eigenvalue weighted by atomic mass is 9.70. The summed E-state index contributed by atoms with van der Waals surface area (Å²) >= 11 is 0. The Morgan fingerprint density at radius 2 is 1.80 bits per heavy atom. The average Bonchev–Trinajstić information content (AvgIpc) is 2.76. The molecule has 0 radical (unpaired) electrons. The number of hydrogen-bond acceptors (Lipinski definition) is 3. The Labute approximate surface area is 209 Å². The Kier molecular flexibility index (Phi) is 5.57. The van der Waals surface area contributed by atoms with Gasteiger partial charge in [-0.05, 0) is 85.9 Å². The highest BCUT2D eigenvalue weighted by Crippen LogP contribution is 2.45. The van der Waals surface area contributed by atoms with Crippen LogP contribution in [0.4, 0.5) is 5.69 Å². The van der Waals surface area contributed by atoms with Crippen LogP contribution in [0, 0.1) is 0 Å². The number of likely N-dealkylation sites (N-methyl/N-ethyl adjacent to an activating group) is 1. The number of fused-ring (bicyclic) bond motifs is 4. The van der Waals surface area contributed by atoms with Crippen molar-refractivity contribution in [2.45, 2.75) is 65.3 Å². The van der Waals surface area contributed by atoms with Gasteiger partial charge in [0.05, 0.1) is 5.54 Å². The van der Waals surface area contributed by atoms with E-state index in [0.717, 1.165) is 42.9 Å². The number of anilines is 1. The van der Waals surface area contributed by atoms with Crippen LogP contribution in [0.3, 0.4) is 0 Å². The maximum atomic E-state index is 11.9. The molecule has 0 unspecified atom stereocenters. The number of benzene rings is 2. The van der Waals surface area contributed by atoms with Crippen LogP contribution in [0.2, 0.25) is 0 Å². The number of hydrogen-bond donors (Lipinski definition) is 1. The third kappa shape index (κ3) is 3.95. The van der Waals surface area contributed by atoms with Gasteiger partial charge in [-0.3, -0.25) is 4.55 Å². The molecule has 6 heteroatoms. The minimum absolute atomic E-state index is 0.200. The second-order valence-electron chi connectivity index (χ2n) is 11.3. The smallest absolute Gasteiger partial charge is 0.269 e. The Balaban J connectivity index is 1.79. The molecule has 2 aromatic rings. The van der Waals surface area contributed by atoms with Crippen LogP contribution < -0.4 is 20.1 Å². The van der Waals surface area contributed by atoms with Gasteiger partial charge in [-0.2, -0.15) is 8.42 Å². The van der Waals surface area contributed by atoms with Crippen molar-refractivity contribution >= 4 is 27.5 Å². The van der Waals surface area contributed by atoms with E-state index in [1.54, 1.807) is 0 Å². The van der Waals surface area contributed by atoms with E-state index in [1.165, 1.54) is 33.7 Å². The second-order valence-corrected chi connectivity index (χ2v) is 12.7. The summed E-state index contributed by atoms with van der Waals surface area (Å²) in [5.74, 6) is -0.375. The molecule has 2 aliphatic heterocycles. The lowest BCUT2D eigenvalue weighted by molar-refractivity contribution is 0.487. The van der Waals surface area contributed by atoms with Crippen molar-refractivity contribution in [1.82, 2.24) is 4.58 Å². The normalized spacial score (nSPS) is 19.7. The predicted molar refractivity (Wildman–Crippen MR) is 144 cm³/mol. The van der Waals surface area contributed by atoms with E-state index in [4.69, 9.17) is 0 Å². The van der Waals surface area contributed by atoms with Gasteiger partial charge in [-0.15, -0.1) is 0 Å². The van der Waals surface area contributed by atoms with E-state index in [9.17, 15) is 13.0 Å². The SMILES string of the molecule is CCN1c2cc3c(cc2C(CS(=O)(=O)O)=CC1(C)C)C=c1cc2c(cc1C3(C)C)=[N+](CC)CCC2. The van der Waals surface area contributed by atoms with E-state index in [1.807, 2.05) is 6.08 Å². The van der Waals surface area contributed by atoms with Crippen LogP contribution in [0.15, 0.2) is 30.3 Å². The molecule has 2 heterocycles. The van der Waals surface area contributed by atoms with E-state index < -0.39 is 10.1 Å². The molecular formula is C29H37N2O3S+. The second kappa shape index (κ2) is 8.04. The molecule has 2 aromatic carbocycles. The van der Waals surface area contributed by atoms with Crippen LogP contribution >= 0.6 is 0 Å². The minimum Gasteiger partial charge on any atom is -0.363 e. The lowest BCUT2D eigenvalue weighted by Crippen LogP contribution is -2.46. The molecule has 5 nitrogen and oxygen atoms in total. The zero-order valence-corrected chi connectivity index (χ0v) is 22.6. The first-order valence-corrected chi connectivity index (χ1v) is 14.4. The molecule has 186 valence electrons. The van der Waals surface area contributed by atoms with Gasteiger partial charge in [0.1, 0.15) is 18.8 Å². The fourth-order valence-corrected chi connectivity index (χ4v) is 7.19. The van der Waals surface area contributed by atoms with Gasteiger partial charge in [0.25, 0.3) is 10.1 Å². The molecule has 1 N–H and O–H groups in total.